The maximum atomic E-state index is 12.4. The monoisotopic (exact) mass is 429 g/mol. The third-order valence-electron chi connectivity index (χ3n) is 4.25. The third kappa shape index (κ3) is 5.63. The number of amides is 2. The third-order valence-corrected chi connectivity index (χ3v) is 5.16. The van der Waals surface area contributed by atoms with Crippen molar-refractivity contribution < 1.29 is 18.7 Å². The zero-order valence-electron chi connectivity index (χ0n) is 16.9. The first-order valence-corrected chi connectivity index (χ1v) is 10.2. The molecule has 0 saturated carbocycles. The summed E-state index contributed by atoms with van der Waals surface area (Å²) in [5, 5.41) is 6.18. The Balaban J connectivity index is 1.56. The first-order valence-electron chi connectivity index (χ1n) is 9.20. The number of hydrogen-bond donors (Lipinski definition) is 3. The van der Waals surface area contributed by atoms with Crippen LogP contribution in [0, 0.1) is 0 Å². The molecule has 0 aliphatic heterocycles. The highest BCUT2D eigenvalue weighted by Gasteiger charge is 2.25. The smallest absolute Gasteiger partial charge is 0.313 e. The highest BCUT2D eigenvalue weighted by molar-refractivity contribution is 7.99. The Morgan fingerprint density at radius 1 is 1.30 bits per heavy atom. The molecule has 2 amide bonds. The molecular formula is C20H23N5O4S. The maximum Gasteiger partial charge on any atom is 0.313 e. The van der Waals surface area contributed by atoms with E-state index in [1.807, 2.05) is 13.8 Å². The van der Waals surface area contributed by atoms with E-state index in [1.54, 1.807) is 48.6 Å². The van der Waals surface area contributed by atoms with Crippen LogP contribution in [0.3, 0.4) is 0 Å². The van der Waals surface area contributed by atoms with Crippen molar-refractivity contribution in [1.82, 2.24) is 20.3 Å². The molecule has 30 heavy (non-hydrogen) atoms. The molecule has 0 atom stereocenters. The number of imidazole rings is 1. The van der Waals surface area contributed by atoms with Crippen LogP contribution in [0.5, 0.6) is 5.75 Å². The second-order valence-corrected chi connectivity index (χ2v) is 8.15. The van der Waals surface area contributed by atoms with Gasteiger partial charge in [0, 0.05) is 35.4 Å². The zero-order valence-corrected chi connectivity index (χ0v) is 17.7. The van der Waals surface area contributed by atoms with Crippen molar-refractivity contribution in [1.29, 1.82) is 0 Å². The van der Waals surface area contributed by atoms with Crippen LogP contribution in [0.1, 0.15) is 20.3 Å². The molecule has 1 aromatic carbocycles. The minimum Gasteiger partial charge on any atom is -0.496 e. The number of oxazole rings is 1. The Bertz CT molecular complexity index is 987. The van der Waals surface area contributed by atoms with E-state index in [0.717, 1.165) is 10.9 Å². The lowest BCUT2D eigenvalue weighted by molar-refractivity contribution is -0.137. The average Bonchev–Trinajstić information content (AvgIpc) is 3.41. The molecule has 3 aromatic rings. The molecule has 0 fully saturated rings. The van der Waals surface area contributed by atoms with Crippen molar-refractivity contribution in [2.75, 3.05) is 18.2 Å². The molecule has 2 heterocycles. The van der Waals surface area contributed by atoms with Gasteiger partial charge in [-0.25, -0.2) is 9.97 Å². The number of aromatic nitrogens is 3. The van der Waals surface area contributed by atoms with Gasteiger partial charge in [0.25, 0.3) is 0 Å². The molecule has 3 rings (SSSR count). The van der Waals surface area contributed by atoms with Crippen LogP contribution >= 0.6 is 11.8 Å². The van der Waals surface area contributed by atoms with E-state index in [4.69, 9.17) is 9.15 Å². The largest absolute Gasteiger partial charge is 0.496 e. The standard InChI is InChI=1S/C20H23N5O4S/c1-20(2,6-9-30-19-22-7-8-23-19)25-18(27)17(26)24-13-4-5-14(15(10-13)28-3)16-11-21-12-29-16/h4-5,7-8,10-12H,6,9H2,1-3H3,(H,22,23)(H,24,26)(H,25,27). The summed E-state index contributed by atoms with van der Waals surface area (Å²) < 4.78 is 10.6. The van der Waals surface area contributed by atoms with Gasteiger partial charge in [0.15, 0.2) is 17.3 Å². The van der Waals surface area contributed by atoms with Crippen LogP contribution in [-0.4, -0.2) is 45.2 Å². The molecule has 0 radical (unpaired) electrons. The normalized spacial score (nSPS) is 11.2. The topological polar surface area (TPSA) is 122 Å². The van der Waals surface area contributed by atoms with Crippen molar-refractivity contribution in [2.45, 2.75) is 31.0 Å². The average molecular weight is 430 g/mol. The van der Waals surface area contributed by atoms with Crippen LogP contribution in [-0.2, 0) is 9.59 Å². The molecule has 0 aliphatic carbocycles. The molecule has 0 unspecified atom stereocenters. The van der Waals surface area contributed by atoms with Crippen LogP contribution in [0.2, 0.25) is 0 Å². The lowest BCUT2D eigenvalue weighted by atomic mass is 10.0. The van der Waals surface area contributed by atoms with Gasteiger partial charge in [0.05, 0.1) is 18.9 Å². The van der Waals surface area contributed by atoms with Crippen LogP contribution < -0.4 is 15.4 Å². The summed E-state index contributed by atoms with van der Waals surface area (Å²) >= 11 is 1.55. The van der Waals surface area contributed by atoms with Gasteiger partial charge in [0.2, 0.25) is 0 Å². The Morgan fingerprint density at radius 2 is 2.13 bits per heavy atom. The summed E-state index contributed by atoms with van der Waals surface area (Å²) in [7, 11) is 1.51. The van der Waals surface area contributed by atoms with Gasteiger partial charge in [0.1, 0.15) is 5.75 Å². The summed E-state index contributed by atoms with van der Waals surface area (Å²) in [6.07, 6.45) is 7.00. The molecule has 0 saturated heterocycles. The van der Waals surface area contributed by atoms with E-state index in [9.17, 15) is 9.59 Å². The minimum absolute atomic E-state index is 0.432. The van der Waals surface area contributed by atoms with Crippen LogP contribution in [0.25, 0.3) is 11.3 Å². The number of rotatable bonds is 8. The summed E-state index contributed by atoms with van der Waals surface area (Å²) in [5.74, 6) is 0.303. The predicted molar refractivity (Wildman–Crippen MR) is 113 cm³/mol. The number of nitrogens with zero attached hydrogens (tertiary/aromatic N) is 2. The second-order valence-electron chi connectivity index (χ2n) is 7.07. The van der Waals surface area contributed by atoms with Gasteiger partial charge in [-0.1, -0.05) is 11.8 Å². The number of aromatic amines is 1. The SMILES string of the molecule is COc1cc(NC(=O)C(=O)NC(C)(C)CCSc2ncc[nH]2)ccc1-c1cnco1. The quantitative estimate of drug-likeness (QED) is 0.371. The van der Waals surface area contributed by atoms with E-state index < -0.39 is 17.4 Å². The molecule has 10 heteroatoms. The summed E-state index contributed by atoms with van der Waals surface area (Å²) in [6.45, 7) is 3.74. The van der Waals surface area contributed by atoms with Gasteiger partial charge in [-0.3, -0.25) is 9.59 Å². The number of ether oxygens (including phenoxy) is 1. The second kappa shape index (κ2) is 9.49. The fourth-order valence-corrected chi connectivity index (χ4v) is 3.76. The fraction of sp³-hybridized carbons (Fsp3) is 0.300. The summed E-state index contributed by atoms with van der Waals surface area (Å²) in [5.41, 5.74) is 0.566. The number of nitrogens with one attached hydrogen (secondary N) is 3. The Kier molecular flexibility index (Phi) is 6.78. The zero-order chi connectivity index (χ0) is 21.6. The molecule has 0 bridgehead atoms. The highest BCUT2D eigenvalue weighted by Crippen LogP contribution is 2.32. The van der Waals surface area contributed by atoms with Crippen molar-refractivity contribution in [3.8, 4) is 17.1 Å². The molecule has 9 nitrogen and oxygen atoms in total. The van der Waals surface area contributed by atoms with Gasteiger partial charge in [-0.2, -0.15) is 0 Å². The fourth-order valence-electron chi connectivity index (χ4n) is 2.67. The van der Waals surface area contributed by atoms with E-state index in [2.05, 4.69) is 25.6 Å². The van der Waals surface area contributed by atoms with Gasteiger partial charge < -0.3 is 24.8 Å². The van der Waals surface area contributed by atoms with Gasteiger partial charge in [-0.05, 0) is 32.4 Å². The van der Waals surface area contributed by atoms with E-state index in [1.165, 1.54) is 13.5 Å². The lowest BCUT2D eigenvalue weighted by Gasteiger charge is -2.25. The number of thioether (sulfide) groups is 1. The number of benzene rings is 1. The number of H-pyrrole nitrogens is 1. The molecule has 0 aliphatic rings. The number of carbonyl (C=O) groups excluding carboxylic acids is 2. The molecule has 3 N–H and O–H groups in total. The molecule has 0 spiro atoms. The predicted octanol–water partition coefficient (Wildman–Crippen LogP) is 3.09. The summed E-state index contributed by atoms with van der Waals surface area (Å²) in [6, 6.07) is 5.01. The molecular weight excluding hydrogens is 406 g/mol. The number of hydrogen-bond acceptors (Lipinski definition) is 7. The molecule has 2 aromatic heterocycles. The maximum absolute atomic E-state index is 12.4. The van der Waals surface area contributed by atoms with Crippen molar-refractivity contribution >= 4 is 29.3 Å². The highest BCUT2D eigenvalue weighted by atomic mass is 32.2. The van der Waals surface area contributed by atoms with E-state index >= 15 is 0 Å². The van der Waals surface area contributed by atoms with Crippen LogP contribution in [0.4, 0.5) is 5.69 Å². The van der Waals surface area contributed by atoms with Gasteiger partial charge >= 0.3 is 11.8 Å². The van der Waals surface area contributed by atoms with Crippen molar-refractivity contribution in [3.63, 3.8) is 0 Å². The molecule has 158 valence electrons. The van der Waals surface area contributed by atoms with Crippen molar-refractivity contribution in [2.24, 2.45) is 0 Å². The first-order chi connectivity index (χ1) is 14.4. The summed E-state index contributed by atoms with van der Waals surface area (Å²) in [4.78, 5) is 35.8. The Morgan fingerprint density at radius 3 is 2.80 bits per heavy atom. The number of methoxy groups -OCH3 is 1. The number of carbonyl (C=O) groups is 2. The Labute approximate surface area is 178 Å². The van der Waals surface area contributed by atoms with Crippen molar-refractivity contribution in [3.05, 3.63) is 43.2 Å². The first kappa shape index (κ1) is 21.4. The van der Waals surface area contributed by atoms with Gasteiger partial charge in [-0.15, -0.1) is 0 Å². The minimum atomic E-state index is -0.753. The van der Waals surface area contributed by atoms with E-state index in [0.29, 0.717) is 29.2 Å². The van der Waals surface area contributed by atoms with E-state index in [-0.39, 0.29) is 0 Å². The Hall–Kier alpha value is -3.27. The number of anilines is 1. The lowest BCUT2D eigenvalue weighted by Crippen LogP contribution is -2.48. The van der Waals surface area contributed by atoms with Crippen LogP contribution in [0.15, 0.2) is 52.8 Å².